The number of para-hydroxylation sites is 1. The molecule has 2 aromatic rings. The maximum absolute atomic E-state index is 6.16. The van der Waals surface area contributed by atoms with Gasteiger partial charge in [-0.15, -0.1) is 0 Å². The van der Waals surface area contributed by atoms with Gasteiger partial charge in [-0.1, -0.05) is 54.2 Å². The molecule has 2 aromatic carbocycles. The number of nitrogens with two attached hydrogens (primary N) is 1. The molecule has 0 aromatic heterocycles. The van der Waals surface area contributed by atoms with Gasteiger partial charge in [0.1, 0.15) is 17.3 Å². The molecule has 0 atom stereocenters. The zero-order valence-electron chi connectivity index (χ0n) is 11.4. The van der Waals surface area contributed by atoms with Crippen LogP contribution < -0.4 is 10.5 Å². The van der Waals surface area contributed by atoms with E-state index in [1.165, 1.54) is 0 Å². The summed E-state index contributed by atoms with van der Waals surface area (Å²) in [4.78, 5) is 0.334. The van der Waals surface area contributed by atoms with Crippen LogP contribution in [0.5, 0.6) is 5.75 Å². The zero-order valence-corrected chi connectivity index (χ0v) is 13.0. The quantitative estimate of drug-likeness (QED) is 0.625. The summed E-state index contributed by atoms with van der Waals surface area (Å²) < 4.78 is 11.1. The summed E-state index contributed by atoms with van der Waals surface area (Å²) in [5.41, 5.74) is 7.21. The number of rotatable bonds is 7. The topological polar surface area (TPSA) is 44.5 Å². The Morgan fingerprint density at radius 1 is 1.10 bits per heavy atom. The molecule has 110 valence electrons. The van der Waals surface area contributed by atoms with Crippen LogP contribution in [0.1, 0.15) is 11.1 Å². The Hall–Kier alpha value is -1.62. The Labute approximate surface area is 134 Å². The van der Waals surface area contributed by atoms with Gasteiger partial charge in [0.15, 0.2) is 0 Å². The first-order valence-corrected chi connectivity index (χ1v) is 7.29. The van der Waals surface area contributed by atoms with E-state index in [0.717, 1.165) is 16.9 Å². The van der Waals surface area contributed by atoms with Gasteiger partial charge in [0.25, 0.3) is 0 Å². The van der Waals surface area contributed by atoms with E-state index in [9.17, 15) is 0 Å². The molecule has 0 spiro atoms. The largest absolute Gasteiger partial charge is 0.491 e. The van der Waals surface area contributed by atoms with Gasteiger partial charge < -0.3 is 15.2 Å². The van der Waals surface area contributed by atoms with Crippen LogP contribution in [0, 0.1) is 0 Å². The van der Waals surface area contributed by atoms with Crippen molar-refractivity contribution in [3.05, 3.63) is 64.7 Å². The molecule has 0 aliphatic rings. The van der Waals surface area contributed by atoms with E-state index in [0.29, 0.717) is 29.8 Å². The highest BCUT2D eigenvalue weighted by molar-refractivity contribution is 7.80. The van der Waals surface area contributed by atoms with Crippen LogP contribution in [-0.4, -0.2) is 18.2 Å². The Kier molecular flexibility index (Phi) is 5.99. The molecule has 0 aliphatic carbocycles. The lowest BCUT2D eigenvalue weighted by molar-refractivity contribution is 0.0889. The fourth-order valence-corrected chi connectivity index (χ4v) is 2.10. The highest BCUT2D eigenvalue weighted by atomic mass is 35.5. The lowest BCUT2D eigenvalue weighted by Gasteiger charge is -2.09. The van der Waals surface area contributed by atoms with Crippen molar-refractivity contribution < 1.29 is 9.47 Å². The molecular weight excluding hydrogens is 306 g/mol. The monoisotopic (exact) mass is 321 g/mol. The minimum absolute atomic E-state index is 0.334. The number of hydrogen-bond donors (Lipinski definition) is 1. The molecule has 5 heteroatoms. The predicted octanol–water partition coefficient (Wildman–Crippen LogP) is 3.57. The van der Waals surface area contributed by atoms with Crippen molar-refractivity contribution in [2.45, 2.75) is 6.61 Å². The molecule has 0 aliphatic heterocycles. The predicted molar refractivity (Wildman–Crippen MR) is 88.9 cm³/mol. The third-order valence-electron chi connectivity index (χ3n) is 2.83. The lowest BCUT2D eigenvalue weighted by Crippen LogP contribution is -2.10. The van der Waals surface area contributed by atoms with Gasteiger partial charge in [-0.25, -0.2) is 0 Å². The second-order valence-electron chi connectivity index (χ2n) is 4.38. The standard InChI is InChI=1S/C16H16ClNO2S/c17-15-10-12(16(18)21)6-7-13(15)11-19-8-9-20-14-4-2-1-3-5-14/h1-7,10H,8-9,11H2,(H2,18,21). The second-order valence-corrected chi connectivity index (χ2v) is 5.23. The summed E-state index contributed by atoms with van der Waals surface area (Å²) in [7, 11) is 0. The normalized spacial score (nSPS) is 10.3. The summed E-state index contributed by atoms with van der Waals surface area (Å²) in [5.74, 6) is 0.833. The first-order chi connectivity index (χ1) is 10.2. The van der Waals surface area contributed by atoms with Gasteiger partial charge in [-0.2, -0.15) is 0 Å². The Bertz CT molecular complexity index is 604. The first-order valence-electron chi connectivity index (χ1n) is 6.50. The second kappa shape index (κ2) is 7.98. The average Bonchev–Trinajstić information content (AvgIpc) is 2.49. The summed E-state index contributed by atoms with van der Waals surface area (Å²) in [5, 5.41) is 0.601. The van der Waals surface area contributed by atoms with Crippen molar-refractivity contribution in [3.8, 4) is 5.75 Å². The minimum atomic E-state index is 0.334. The Morgan fingerprint density at radius 3 is 2.52 bits per heavy atom. The summed E-state index contributed by atoms with van der Waals surface area (Å²) in [6.07, 6.45) is 0. The Balaban J connectivity index is 1.75. The van der Waals surface area contributed by atoms with E-state index in [1.54, 1.807) is 6.07 Å². The van der Waals surface area contributed by atoms with E-state index >= 15 is 0 Å². The molecule has 2 N–H and O–H groups in total. The third-order valence-corrected chi connectivity index (χ3v) is 3.42. The molecule has 2 rings (SSSR count). The molecule has 0 amide bonds. The molecule has 0 saturated heterocycles. The van der Waals surface area contributed by atoms with Crippen molar-refractivity contribution in [2.75, 3.05) is 13.2 Å². The highest BCUT2D eigenvalue weighted by Crippen LogP contribution is 2.19. The van der Waals surface area contributed by atoms with E-state index in [-0.39, 0.29) is 0 Å². The maximum atomic E-state index is 6.16. The molecule has 0 unspecified atom stereocenters. The fraction of sp³-hybridized carbons (Fsp3) is 0.188. The van der Waals surface area contributed by atoms with Crippen LogP contribution in [0.25, 0.3) is 0 Å². The van der Waals surface area contributed by atoms with Crippen LogP contribution in [0.2, 0.25) is 5.02 Å². The highest BCUT2D eigenvalue weighted by Gasteiger charge is 2.04. The number of thiocarbonyl (C=S) groups is 1. The molecule has 0 bridgehead atoms. The van der Waals surface area contributed by atoms with Gasteiger partial charge in [0.2, 0.25) is 0 Å². The number of halogens is 1. The molecule has 21 heavy (non-hydrogen) atoms. The summed E-state index contributed by atoms with van der Waals surface area (Å²) in [6, 6.07) is 15.1. The first kappa shape index (κ1) is 15.8. The summed E-state index contributed by atoms with van der Waals surface area (Å²) in [6.45, 7) is 1.41. The van der Waals surface area contributed by atoms with Crippen molar-refractivity contribution in [2.24, 2.45) is 5.73 Å². The van der Waals surface area contributed by atoms with E-state index < -0.39 is 0 Å². The Morgan fingerprint density at radius 2 is 1.86 bits per heavy atom. The van der Waals surface area contributed by atoms with Crippen LogP contribution in [0.3, 0.4) is 0 Å². The van der Waals surface area contributed by atoms with Crippen LogP contribution in [-0.2, 0) is 11.3 Å². The van der Waals surface area contributed by atoms with E-state index in [1.807, 2.05) is 42.5 Å². The van der Waals surface area contributed by atoms with Crippen LogP contribution >= 0.6 is 23.8 Å². The zero-order chi connectivity index (χ0) is 15.1. The molecular formula is C16H16ClNO2S. The van der Waals surface area contributed by atoms with Crippen molar-refractivity contribution in [1.29, 1.82) is 0 Å². The summed E-state index contributed by atoms with van der Waals surface area (Å²) >= 11 is 11.1. The molecule has 0 saturated carbocycles. The number of hydrogen-bond acceptors (Lipinski definition) is 3. The van der Waals surface area contributed by atoms with Crippen LogP contribution in [0.15, 0.2) is 48.5 Å². The smallest absolute Gasteiger partial charge is 0.119 e. The van der Waals surface area contributed by atoms with Crippen molar-refractivity contribution >= 4 is 28.8 Å². The van der Waals surface area contributed by atoms with Crippen LogP contribution in [0.4, 0.5) is 0 Å². The maximum Gasteiger partial charge on any atom is 0.119 e. The third kappa shape index (κ3) is 5.01. The van der Waals surface area contributed by atoms with Gasteiger partial charge in [-0.05, 0) is 23.8 Å². The van der Waals surface area contributed by atoms with Gasteiger partial charge >= 0.3 is 0 Å². The minimum Gasteiger partial charge on any atom is -0.491 e. The SMILES string of the molecule is NC(=S)c1ccc(COCCOc2ccccc2)c(Cl)c1. The van der Waals surface area contributed by atoms with Crippen molar-refractivity contribution in [1.82, 2.24) is 0 Å². The number of benzene rings is 2. The molecule has 0 heterocycles. The van der Waals surface area contributed by atoms with Gasteiger partial charge in [0.05, 0.1) is 13.2 Å². The average molecular weight is 322 g/mol. The molecule has 0 radical (unpaired) electrons. The van der Waals surface area contributed by atoms with Gasteiger partial charge in [0, 0.05) is 10.6 Å². The molecule has 3 nitrogen and oxygen atoms in total. The van der Waals surface area contributed by atoms with Crippen molar-refractivity contribution in [3.63, 3.8) is 0 Å². The number of ether oxygens (including phenoxy) is 2. The molecule has 0 fully saturated rings. The van der Waals surface area contributed by atoms with E-state index in [2.05, 4.69) is 0 Å². The van der Waals surface area contributed by atoms with Gasteiger partial charge in [-0.3, -0.25) is 0 Å². The fourth-order valence-electron chi connectivity index (χ4n) is 1.73. The lowest BCUT2D eigenvalue weighted by atomic mass is 10.1. The van der Waals surface area contributed by atoms with E-state index in [4.69, 9.17) is 39.0 Å².